The van der Waals surface area contributed by atoms with Crippen molar-refractivity contribution >= 4 is 34.3 Å². The average molecular weight is 487 g/mol. The van der Waals surface area contributed by atoms with Crippen LogP contribution in [-0.4, -0.2) is 67.0 Å². The van der Waals surface area contributed by atoms with Crippen molar-refractivity contribution in [3.05, 3.63) is 72.3 Å². The minimum Gasteiger partial charge on any atom is -0.485 e. The summed E-state index contributed by atoms with van der Waals surface area (Å²) in [7, 11) is 1.67. The number of nitrogens with zero attached hydrogens (tertiary/aromatic N) is 3. The van der Waals surface area contributed by atoms with Gasteiger partial charge >= 0.3 is 6.03 Å². The molecule has 0 radical (unpaired) electrons. The van der Waals surface area contributed by atoms with E-state index in [0.717, 1.165) is 33.7 Å². The number of carbonyl (C=O) groups excluding carboxylic acids is 3. The first-order chi connectivity index (χ1) is 17.3. The van der Waals surface area contributed by atoms with Gasteiger partial charge in [-0.15, -0.1) is 0 Å². The van der Waals surface area contributed by atoms with Crippen LogP contribution in [0.25, 0.3) is 10.8 Å². The zero-order valence-corrected chi connectivity index (χ0v) is 20.7. The van der Waals surface area contributed by atoms with E-state index in [9.17, 15) is 14.4 Å². The highest BCUT2D eigenvalue weighted by atomic mass is 16.5. The Morgan fingerprint density at radius 2 is 1.81 bits per heavy atom. The normalized spacial score (nSPS) is 21.2. The minimum absolute atomic E-state index is 0.222. The van der Waals surface area contributed by atoms with Crippen LogP contribution in [0.1, 0.15) is 19.4 Å². The summed E-state index contributed by atoms with van der Waals surface area (Å²) in [5.74, 6) is 0.0213. The summed E-state index contributed by atoms with van der Waals surface area (Å²) in [5, 5.41) is 4.82. The summed E-state index contributed by atoms with van der Waals surface area (Å²) in [6, 6.07) is 20.8. The maximum atomic E-state index is 13.4. The molecule has 0 spiro atoms. The van der Waals surface area contributed by atoms with E-state index in [-0.39, 0.29) is 18.6 Å². The molecule has 2 aliphatic rings. The smallest absolute Gasteiger partial charge is 0.325 e. The van der Waals surface area contributed by atoms with E-state index in [2.05, 4.69) is 17.1 Å². The van der Waals surface area contributed by atoms with Crippen LogP contribution in [-0.2, 0) is 15.1 Å². The van der Waals surface area contributed by atoms with Crippen LogP contribution in [0, 0.1) is 0 Å². The molecular formula is C28H30N4O4. The van der Waals surface area contributed by atoms with Gasteiger partial charge in [-0.1, -0.05) is 48.5 Å². The lowest BCUT2D eigenvalue weighted by Crippen LogP contribution is -2.49. The molecule has 0 saturated carbocycles. The predicted molar refractivity (Wildman–Crippen MR) is 138 cm³/mol. The number of carbonyl (C=O) groups is 3. The summed E-state index contributed by atoms with van der Waals surface area (Å²) in [6.07, 6.45) is -0.222. The van der Waals surface area contributed by atoms with Crippen LogP contribution in [0.5, 0.6) is 5.75 Å². The average Bonchev–Trinajstić information content (AvgIpc) is 3.11. The molecule has 4 amide bonds. The highest BCUT2D eigenvalue weighted by Crippen LogP contribution is 2.33. The molecule has 8 heteroatoms. The van der Waals surface area contributed by atoms with Crippen molar-refractivity contribution in [2.24, 2.45) is 0 Å². The lowest BCUT2D eigenvalue weighted by Gasteiger charge is -2.37. The first-order valence-corrected chi connectivity index (χ1v) is 12.2. The largest absolute Gasteiger partial charge is 0.485 e. The molecule has 5 rings (SSSR count). The molecule has 0 aromatic heterocycles. The Kier molecular flexibility index (Phi) is 6.04. The molecule has 1 saturated heterocycles. The predicted octanol–water partition coefficient (Wildman–Crippen LogP) is 3.35. The molecule has 2 heterocycles. The number of para-hydroxylation sites is 2. The molecule has 3 aromatic rings. The van der Waals surface area contributed by atoms with Gasteiger partial charge in [-0.05, 0) is 48.4 Å². The maximum absolute atomic E-state index is 13.4. The van der Waals surface area contributed by atoms with Gasteiger partial charge in [0, 0.05) is 13.6 Å². The second-order valence-corrected chi connectivity index (χ2v) is 9.53. The number of ether oxygens (including phenoxy) is 1. The SMILES string of the molecule is CCN1C[C@H](CN(C)C(=O)CN2C(=O)N[C@@](C)(c3ccc4ccccc4c3)C2=O)Oc2ccccc21. The van der Waals surface area contributed by atoms with Gasteiger partial charge in [0.1, 0.15) is 23.9 Å². The van der Waals surface area contributed by atoms with Crippen LogP contribution >= 0.6 is 0 Å². The third kappa shape index (κ3) is 4.12. The Hall–Kier alpha value is -4.07. The van der Waals surface area contributed by atoms with Crippen molar-refractivity contribution in [1.29, 1.82) is 0 Å². The van der Waals surface area contributed by atoms with Gasteiger partial charge < -0.3 is 19.9 Å². The fraction of sp³-hybridized carbons (Fsp3) is 0.321. The number of nitrogens with one attached hydrogen (secondary N) is 1. The molecule has 1 N–H and O–H groups in total. The Morgan fingerprint density at radius 3 is 2.58 bits per heavy atom. The molecule has 2 atom stereocenters. The van der Waals surface area contributed by atoms with Gasteiger partial charge in [-0.3, -0.25) is 14.5 Å². The summed E-state index contributed by atoms with van der Waals surface area (Å²) in [6.45, 7) is 5.25. The van der Waals surface area contributed by atoms with E-state index in [4.69, 9.17) is 4.74 Å². The number of urea groups is 1. The number of amides is 4. The molecule has 8 nitrogen and oxygen atoms in total. The number of hydrogen-bond donors (Lipinski definition) is 1. The number of fused-ring (bicyclic) bond motifs is 2. The van der Waals surface area contributed by atoms with Crippen molar-refractivity contribution in [3.8, 4) is 5.75 Å². The summed E-state index contributed by atoms with van der Waals surface area (Å²) < 4.78 is 6.13. The van der Waals surface area contributed by atoms with Gasteiger partial charge in [0.15, 0.2) is 0 Å². The molecule has 2 aliphatic heterocycles. The Balaban J connectivity index is 1.27. The molecule has 36 heavy (non-hydrogen) atoms. The monoisotopic (exact) mass is 486 g/mol. The van der Waals surface area contributed by atoms with E-state index in [1.165, 1.54) is 4.90 Å². The number of likely N-dealkylation sites (N-methyl/N-ethyl adjacent to an activating group) is 2. The second-order valence-electron chi connectivity index (χ2n) is 9.53. The van der Waals surface area contributed by atoms with Crippen LogP contribution in [0.4, 0.5) is 10.5 Å². The minimum atomic E-state index is -1.24. The third-order valence-electron chi connectivity index (χ3n) is 7.10. The van der Waals surface area contributed by atoms with Crippen LogP contribution in [0.15, 0.2) is 66.7 Å². The number of imide groups is 1. The lowest BCUT2D eigenvalue weighted by atomic mass is 9.90. The Morgan fingerprint density at radius 1 is 1.08 bits per heavy atom. The zero-order chi connectivity index (χ0) is 25.4. The maximum Gasteiger partial charge on any atom is 0.325 e. The van der Waals surface area contributed by atoms with Gasteiger partial charge in [0.05, 0.1) is 18.8 Å². The first-order valence-electron chi connectivity index (χ1n) is 12.2. The lowest BCUT2D eigenvalue weighted by molar-refractivity contribution is -0.138. The van der Waals surface area contributed by atoms with Gasteiger partial charge in [-0.2, -0.15) is 0 Å². The molecule has 0 unspecified atom stereocenters. The van der Waals surface area contributed by atoms with Crippen molar-refractivity contribution < 1.29 is 19.1 Å². The highest BCUT2D eigenvalue weighted by Gasteiger charge is 2.49. The third-order valence-corrected chi connectivity index (χ3v) is 7.10. The topological polar surface area (TPSA) is 82.2 Å². The van der Waals surface area contributed by atoms with E-state index in [0.29, 0.717) is 18.7 Å². The van der Waals surface area contributed by atoms with Crippen LogP contribution in [0.2, 0.25) is 0 Å². The van der Waals surface area contributed by atoms with Gasteiger partial charge in [-0.25, -0.2) is 4.79 Å². The van der Waals surface area contributed by atoms with E-state index < -0.39 is 17.5 Å². The molecule has 186 valence electrons. The summed E-state index contributed by atoms with van der Waals surface area (Å²) in [4.78, 5) is 44.0. The molecular weight excluding hydrogens is 456 g/mol. The number of benzene rings is 3. The molecule has 0 bridgehead atoms. The Bertz CT molecular complexity index is 1340. The quantitative estimate of drug-likeness (QED) is 0.541. The van der Waals surface area contributed by atoms with Crippen LogP contribution in [0.3, 0.4) is 0 Å². The molecule has 0 aliphatic carbocycles. The second kappa shape index (κ2) is 9.18. The first kappa shape index (κ1) is 23.7. The molecule has 3 aromatic carbocycles. The summed E-state index contributed by atoms with van der Waals surface area (Å²) in [5.41, 5.74) is 0.479. The zero-order valence-electron chi connectivity index (χ0n) is 20.7. The Labute approximate surface area is 210 Å². The molecule has 1 fully saturated rings. The van der Waals surface area contributed by atoms with Crippen molar-refractivity contribution in [2.75, 3.05) is 38.1 Å². The fourth-order valence-electron chi connectivity index (χ4n) is 4.97. The van der Waals surface area contributed by atoms with E-state index in [1.54, 1.807) is 14.0 Å². The van der Waals surface area contributed by atoms with Crippen molar-refractivity contribution in [1.82, 2.24) is 15.1 Å². The number of hydrogen-bond acceptors (Lipinski definition) is 5. The summed E-state index contributed by atoms with van der Waals surface area (Å²) >= 11 is 0. The number of rotatable bonds is 6. The van der Waals surface area contributed by atoms with Crippen LogP contribution < -0.4 is 15.0 Å². The fourth-order valence-corrected chi connectivity index (χ4v) is 4.97. The van der Waals surface area contributed by atoms with E-state index in [1.807, 2.05) is 66.7 Å². The van der Waals surface area contributed by atoms with Crippen molar-refractivity contribution in [2.45, 2.75) is 25.5 Å². The number of anilines is 1. The standard InChI is InChI=1S/C28H30N4O4/c1-4-31-17-22(36-24-12-8-7-11-23(24)31)16-30(3)25(33)18-32-26(34)28(2,29-27(32)35)21-14-13-19-9-5-6-10-20(19)15-21/h5-15,22H,4,16-18H2,1-3H3,(H,29,35)/t22-,28-/m0/s1. The van der Waals surface area contributed by atoms with E-state index >= 15 is 0 Å². The van der Waals surface area contributed by atoms with Gasteiger partial charge in [0.2, 0.25) is 5.91 Å². The van der Waals surface area contributed by atoms with Crippen molar-refractivity contribution in [3.63, 3.8) is 0 Å². The highest BCUT2D eigenvalue weighted by molar-refractivity contribution is 6.09. The van der Waals surface area contributed by atoms with Gasteiger partial charge in [0.25, 0.3) is 5.91 Å².